The van der Waals surface area contributed by atoms with Crippen LogP contribution >= 0.6 is 11.3 Å². The molecule has 0 radical (unpaired) electrons. The van der Waals surface area contributed by atoms with E-state index < -0.39 is 0 Å². The lowest BCUT2D eigenvalue weighted by Gasteiger charge is -2.05. The number of nitrogens with two attached hydrogens (primary N) is 1. The van der Waals surface area contributed by atoms with Gasteiger partial charge in [-0.2, -0.15) is 0 Å². The van der Waals surface area contributed by atoms with E-state index in [1.165, 1.54) is 11.3 Å². The number of Topliss-reactive ketones (excluding diaryl/α,β-unsaturated/α-hetero) is 1. The number of thiazole rings is 1. The number of ketones is 1. The van der Waals surface area contributed by atoms with Gasteiger partial charge in [-0.3, -0.25) is 4.79 Å². The van der Waals surface area contributed by atoms with Crippen LogP contribution in [0, 0.1) is 5.92 Å². The van der Waals surface area contributed by atoms with Gasteiger partial charge in [-0.25, -0.2) is 4.98 Å². The average molecular weight is 317 g/mol. The zero-order valence-corrected chi connectivity index (χ0v) is 13.3. The number of nitrogens with zero attached hydrogens (tertiary/aromatic N) is 1. The molecule has 1 saturated carbocycles. The van der Waals surface area contributed by atoms with Crippen LogP contribution in [0.3, 0.4) is 0 Å². The predicted molar refractivity (Wildman–Crippen MR) is 89.1 cm³/mol. The summed E-state index contributed by atoms with van der Waals surface area (Å²) in [5.74, 6) is 1.39. The van der Waals surface area contributed by atoms with Gasteiger partial charge in [0.15, 0.2) is 10.9 Å². The number of carbonyl (C=O) groups is 1. The van der Waals surface area contributed by atoms with Gasteiger partial charge in [-0.1, -0.05) is 24.2 Å². The van der Waals surface area contributed by atoms with Gasteiger partial charge >= 0.3 is 0 Å². The van der Waals surface area contributed by atoms with Crippen LogP contribution in [0.1, 0.15) is 35.4 Å². The molecule has 1 aromatic carbocycles. The topological polar surface area (TPSA) is 77.2 Å². The van der Waals surface area contributed by atoms with Crippen LogP contribution in [0.2, 0.25) is 0 Å². The maximum Gasteiger partial charge on any atom is 0.189 e. The Morgan fingerprint density at radius 3 is 2.64 bits per heavy atom. The van der Waals surface area contributed by atoms with E-state index in [2.05, 4.69) is 10.3 Å². The first-order chi connectivity index (χ1) is 10.7. The Labute approximate surface area is 133 Å². The second kappa shape index (κ2) is 6.36. The van der Waals surface area contributed by atoms with Crippen molar-refractivity contribution in [1.82, 2.24) is 4.98 Å². The molecule has 1 aromatic heterocycles. The number of hydrogen-bond acceptors (Lipinski definition) is 6. The summed E-state index contributed by atoms with van der Waals surface area (Å²) >= 11 is 1.33. The Balaban J connectivity index is 1.74. The SMILES string of the molecule is COc1ccc(Nc2nc(N)c(C(=O)C3CCCC3)s2)cc1. The van der Waals surface area contributed by atoms with Crippen LogP contribution in [-0.2, 0) is 0 Å². The lowest BCUT2D eigenvalue weighted by atomic mass is 10.0. The Morgan fingerprint density at radius 1 is 1.32 bits per heavy atom. The van der Waals surface area contributed by atoms with Gasteiger partial charge in [0, 0.05) is 11.6 Å². The number of benzene rings is 1. The molecule has 3 rings (SSSR count). The fraction of sp³-hybridized carbons (Fsp3) is 0.375. The lowest BCUT2D eigenvalue weighted by Crippen LogP contribution is -2.11. The summed E-state index contributed by atoms with van der Waals surface area (Å²) < 4.78 is 5.13. The summed E-state index contributed by atoms with van der Waals surface area (Å²) in [5.41, 5.74) is 6.81. The van der Waals surface area contributed by atoms with Gasteiger partial charge in [-0.15, -0.1) is 0 Å². The molecule has 0 spiro atoms. The first-order valence-electron chi connectivity index (χ1n) is 7.39. The van der Waals surface area contributed by atoms with Crippen molar-refractivity contribution in [2.24, 2.45) is 5.92 Å². The second-order valence-corrected chi connectivity index (χ2v) is 6.43. The largest absolute Gasteiger partial charge is 0.497 e. The highest BCUT2D eigenvalue weighted by Gasteiger charge is 2.27. The van der Waals surface area contributed by atoms with Gasteiger partial charge in [0.25, 0.3) is 0 Å². The average Bonchev–Trinajstić information content (AvgIpc) is 3.17. The second-order valence-electron chi connectivity index (χ2n) is 5.43. The van der Waals surface area contributed by atoms with Gasteiger partial charge in [0.1, 0.15) is 16.4 Å². The molecular weight excluding hydrogens is 298 g/mol. The summed E-state index contributed by atoms with van der Waals surface area (Å²) in [6.07, 6.45) is 4.20. The smallest absolute Gasteiger partial charge is 0.189 e. The van der Waals surface area contributed by atoms with Crippen molar-refractivity contribution in [3.05, 3.63) is 29.1 Å². The molecule has 0 unspecified atom stereocenters. The van der Waals surface area contributed by atoms with Crippen LogP contribution in [0.25, 0.3) is 0 Å². The molecule has 2 aromatic rings. The first kappa shape index (κ1) is 14.8. The van der Waals surface area contributed by atoms with Gasteiger partial charge in [-0.05, 0) is 37.1 Å². The fourth-order valence-electron chi connectivity index (χ4n) is 2.73. The number of hydrogen-bond donors (Lipinski definition) is 2. The number of anilines is 3. The van der Waals surface area contributed by atoms with Crippen LogP contribution in [0.5, 0.6) is 5.75 Å². The molecule has 3 N–H and O–H groups in total. The quantitative estimate of drug-likeness (QED) is 0.819. The molecule has 5 nitrogen and oxygen atoms in total. The number of ether oxygens (including phenoxy) is 1. The summed E-state index contributed by atoms with van der Waals surface area (Å²) in [4.78, 5) is 17.3. The van der Waals surface area contributed by atoms with E-state index in [4.69, 9.17) is 10.5 Å². The molecule has 1 aliphatic rings. The number of rotatable bonds is 5. The Morgan fingerprint density at radius 2 is 2.00 bits per heavy atom. The summed E-state index contributed by atoms with van der Waals surface area (Å²) in [7, 11) is 1.63. The number of aromatic nitrogens is 1. The molecule has 0 atom stereocenters. The van der Waals surface area contributed by atoms with Gasteiger partial charge in [0.2, 0.25) is 0 Å². The van der Waals surface area contributed by atoms with Crippen molar-refractivity contribution in [2.75, 3.05) is 18.2 Å². The van der Waals surface area contributed by atoms with Crippen LogP contribution in [0.15, 0.2) is 24.3 Å². The van der Waals surface area contributed by atoms with E-state index >= 15 is 0 Å². The van der Waals surface area contributed by atoms with Gasteiger partial charge < -0.3 is 15.8 Å². The van der Waals surface area contributed by atoms with E-state index in [9.17, 15) is 4.79 Å². The third-order valence-electron chi connectivity index (χ3n) is 3.94. The molecule has 0 saturated heterocycles. The van der Waals surface area contributed by atoms with Crippen LogP contribution in [-0.4, -0.2) is 17.9 Å². The minimum atomic E-state index is 0.122. The molecular formula is C16H19N3O2S. The molecule has 0 bridgehead atoms. The Hall–Kier alpha value is -2.08. The first-order valence-corrected chi connectivity index (χ1v) is 8.20. The monoisotopic (exact) mass is 317 g/mol. The van der Waals surface area contributed by atoms with Crippen LogP contribution in [0.4, 0.5) is 16.6 Å². The standard InChI is InChI=1S/C16H19N3O2S/c1-21-12-8-6-11(7-9-12)18-16-19-15(17)14(22-16)13(20)10-4-2-3-5-10/h6-10H,2-5,17H2,1H3,(H,18,19). The van der Waals surface area contributed by atoms with Crippen molar-refractivity contribution in [2.45, 2.75) is 25.7 Å². The van der Waals surface area contributed by atoms with E-state index in [0.29, 0.717) is 15.8 Å². The maximum absolute atomic E-state index is 12.5. The number of carbonyl (C=O) groups excluding carboxylic acids is 1. The minimum Gasteiger partial charge on any atom is -0.497 e. The highest BCUT2D eigenvalue weighted by molar-refractivity contribution is 7.18. The van der Waals surface area contributed by atoms with Crippen LogP contribution < -0.4 is 15.8 Å². The molecule has 116 valence electrons. The van der Waals surface area contributed by atoms with Crippen molar-refractivity contribution in [3.63, 3.8) is 0 Å². The van der Waals surface area contributed by atoms with Crippen molar-refractivity contribution in [3.8, 4) is 5.75 Å². The normalized spacial score (nSPS) is 15.0. The summed E-state index contributed by atoms with van der Waals surface area (Å²) in [6.45, 7) is 0. The van der Waals surface area contributed by atoms with Crippen molar-refractivity contribution in [1.29, 1.82) is 0 Å². The molecule has 0 amide bonds. The molecule has 1 fully saturated rings. The van der Waals surface area contributed by atoms with E-state index in [-0.39, 0.29) is 11.7 Å². The third-order valence-corrected chi connectivity index (χ3v) is 4.95. The van der Waals surface area contributed by atoms with Gasteiger partial charge in [0.05, 0.1) is 7.11 Å². The van der Waals surface area contributed by atoms with Crippen molar-refractivity contribution >= 4 is 33.8 Å². The lowest BCUT2D eigenvalue weighted by molar-refractivity contribution is 0.0927. The van der Waals surface area contributed by atoms with E-state index in [0.717, 1.165) is 37.1 Å². The zero-order valence-electron chi connectivity index (χ0n) is 12.5. The highest BCUT2D eigenvalue weighted by atomic mass is 32.1. The molecule has 22 heavy (non-hydrogen) atoms. The molecule has 1 aliphatic carbocycles. The summed E-state index contributed by atoms with van der Waals surface area (Å²) in [6, 6.07) is 7.53. The number of nitrogens with one attached hydrogen (secondary N) is 1. The zero-order chi connectivity index (χ0) is 15.5. The molecule has 0 aliphatic heterocycles. The summed E-state index contributed by atoms with van der Waals surface area (Å²) in [5, 5.41) is 3.82. The number of nitrogen functional groups attached to an aromatic ring is 1. The molecule has 1 heterocycles. The highest BCUT2D eigenvalue weighted by Crippen LogP contribution is 2.34. The molecule has 6 heteroatoms. The van der Waals surface area contributed by atoms with E-state index in [1.807, 2.05) is 24.3 Å². The maximum atomic E-state index is 12.5. The number of methoxy groups -OCH3 is 1. The fourth-order valence-corrected chi connectivity index (χ4v) is 3.66. The minimum absolute atomic E-state index is 0.122. The Bertz CT molecular complexity index is 661. The predicted octanol–water partition coefficient (Wildman–Crippen LogP) is 3.85. The Kier molecular flexibility index (Phi) is 4.29. The van der Waals surface area contributed by atoms with E-state index in [1.54, 1.807) is 7.11 Å². The third kappa shape index (κ3) is 3.06. The van der Waals surface area contributed by atoms with Crippen molar-refractivity contribution < 1.29 is 9.53 Å².